The molecule has 0 atom stereocenters. The lowest BCUT2D eigenvalue weighted by Gasteiger charge is -2.02. The molecule has 0 aliphatic heterocycles. The molecule has 0 radical (unpaired) electrons. The molecule has 1 aliphatic rings. The van der Waals surface area contributed by atoms with Crippen LogP contribution >= 0.6 is 0 Å². The van der Waals surface area contributed by atoms with E-state index in [1.54, 1.807) is 12.2 Å². The standard InChI is InChI=1S/C14H14O/c1-11-5-7-13(8-6-11)12-3-2-4-14(15)10-9-12/h3-10,15H,2H2,1H3. The molecular formula is C14H14O. The second-order valence-electron chi connectivity index (χ2n) is 3.72. The predicted octanol–water partition coefficient (Wildman–Crippen LogP) is 3.78. The second-order valence-corrected chi connectivity index (χ2v) is 3.72. The lowest BCUT2D eigenvalue weighted by atomic mass is 10.0. The Bertz CT molecular complexity index is 433. The van der Waals surface area contributed by atoms with Gasteiger partial charge in [0.25, 0.3) is 0 Å². The molecule has 0 fully saturated rings. The first kappa shape index (κ1) is 9.78. The van der Waals surface area contributed by atoms with Gasteiger partial charge in [-0.2, -0.15) is 0 Å². The zero-order chi connectivity index (χ0) is 10.7. The lowest BCUT2D eigenvalue weighted by molar-refractivity contribution is 0.431. The van der Waals surface area contributed by atoms with Crippen LogP contribution in [0.5, 0.6) is 0 Å². The first-order valence-electron chi connectivity index (χ1n) is 5.10. The summed E-state index contributed by atoms with van der Waals surface area (Å²) in [6.07, 6.45) is 8.38. The minimum atomic E-state index is 0.341. The molecule has 1 aliphatic carbocycles. The molecule has 0 aromatic heterocycles. The fraction of sp³-hybridized carbons (Fsp3) is 0.143. The minimum Gasteiger partial charge on any atom is -0.508 e. The largest absolute Gasteiger partial charge is 0.508 e. The van der Waals surface area contributed by atoms with E-state index >= 15 is 0 Å². The molecular weight excluding hydrogens is 184 g/mol. The van der Waals surface area contributed by atoms with Crippen LogP contribution in [-0.2, 0) is 0 Å². The van der Waals surface area contributed by atoms with Crippen LogP contribution in [-0.4, -0.2) is 5.11 Å². The van der Waals surface area contributed by atoms with Crippen molar-refractivity contribution in [2.24, 2.45) is 0 Å². The monoisotopic (exact) mass is 198 g/mol. The Labute approximate surface area is 90.1 Å². The van der Waals surface area contributed by atoms with Crippen molar-refractivity contribution in [3.8, 4) is 0 Å². The van der Waals surface area contributed by atoms with E-state index in [-0.39, 0.29) is 0 Å². The molecule has 0 saturated carbocycles. The maximum atomic E-state index is 9.34. The quantitative estimate of drug-likeness (QED) is 0.728. The lowest BCUT2D eigenvalue weighted by Crippen LogP contribution is -1.81. The summed E-state index contributed by atoms with van der Waals surface area (Å²) < 4.78 is 0. The number of hydrogen-bond acceptors (Lipinski definition) is 1. The van der Waals surface area contributed by atoms with Crippen LogP contribution < -0.4 is 0 Å². The molecule has 15 heavy (non-hydrogen) atoms. The highest BCUT2D eigenvalue weighted by atomic mass is 16.3. The van der Waals surface area contributed by atoms with Crippen molar-refractivity contribution in [1.82, 2.24) is 0 Å². The topological polar surface area (TPSA) is 20.2 Å². The average molecular weight is 198 g/mol. The van der Waals surface area contributed by atoms with Crippen LogP contribution in [0.15, 0.2) is 54.3 Å². The van der Waals surface area contributed by atoms with Crippen molar-refractivity contribution in [1.29, 1.82) is 0 Å². The van der Waals surface area contributed by atoms with Crippen LogP contribution in [0.25, 0.3) is 5.57 Å². The highest BCUT2D eigenvalue weighted by Gasteiger charge is 2.00. The van der Waals surface area contributed by atoms with E-state index in [0.29, 0.717) is 5.76 Å². The Morgan fingerprint density at radius 2 is 1.73 bits per heavy atom. The molecule has 76 valence electrons. The molecule has 1 nitrogen and oxygen atoms in total. The van der Waals surface area contributed by atoms with Gasteiger partial charge in [0.15, 0.2) is 0 Å². The van der Waals surface area contributed by atoms with Crippen molar-refractivity contribution >= 4 is 5.57 Å². The maximum absolute atomic E-state index is 9.34. The summed E-state index contributed by atoms with van der Waals surface area (Å²) in [6, 6.07) is 8.41. The van der Waals surface area contributed by atoms with Crippen molar-refractivity contribution in [2.45, 2.75) is 13.3 Å². The number of aliphatic hydroxyl groups is 1. The molecule has 0 unspecified atom stereocenters. The third-order valence-corrected chi connectivity index (χ3v) is 2.48. The SMILES string of the molecule is Cc1ccc(C2=CCC=C(O)C=C2)cc1. The minimum absolute atomic E-state index is 0.341. The van der Waals surface area contributed by atoms with E-state index in [2.05, 4.69) is 37.3 Å². The molecule has 1 N–H and O–H groups in total. The van der Waals surface area contributed by atoms with E-state index in [1.807, 2.05) is 6.08 Å². The van der Waals surface area contributed by atoms with Crippen LogP contribution in [0.4, 0.5) is 0 Å². The van der Waals surface area contributed by atoms with Crippen molar-refractivity contribution in [3.63, 3.8) is 0 Å². The van der Waals surface area contributed by atoms with Gasteiger partial charge in [-0.1, -0.05) is 42.0 Å². The second kappa shape index (κ2) is 4.18. The molecule has 1 heteroatoms. The van der Waals surface area contributed by atoms with Crippen LogP contribution in [0.1, 0.15) is 17.5 Å². The van der Waals surface area contributed by atoms with Gasteiger partial charge in [0.2, 0.25) is 0 Å². The van der Waals surface area contributed by atoms with Crippen LogP contribution in [0.3, 0.4) is 0 Å². The Morgan fingerprint density at radius 1 is 1.00 bits per heavy atom. The van der Waals surface area contributed by atoms with E-state index in [0.717, 1.165) is 12.0 Å². The zero-order valence-corrected chi connectivity index (χ0v) is 8.77. The number of aliphatic hydroxyl groups excluding tert-OH is 1. The number of rotatable bonds is 1. The number of hydrogen-bond donors (Lipinski definition) is 1. The Hall–Kier alpha value is -1.76. The van der Waals surface area contributed by atoms with Gasteiger partial charge in [-0.3, -0.25) is 0 Å². The van der Waals surface area contributed by atoms with Gasteiger partial charge in [0, 0.05) is 0 Å². The summed E-state index contributed by atoms with van der Waals surface area (Å²) >= 11 is 0. The fourth-order valence-corrected chi connectivity index (χ4v) is 1.58. The molecule has 0 spiro atoms. The van der Waals surface area contributed by atoms with E-state index < -0.39 is 0 Å². The highest BCUT2D eigenvalue weighted by Crippen LogP contribution is 2.20. The zero-order valence-electron chi connectivity index (χ0n) is 8.77. The molecule has 0 amide bonds. The summed E-state index contributed by atoms with van der Waals surface area (Å²) in [6.45, 7) is 2.08. The van der Waals surface area contributed by atoms with Gasteiger partial charge in [0.05, 0.1) is 0 Å². The fourth-order valence-electron chi connectivity index (χ4n) is 1.58. The van der Waals surface area contributed by atoms with Gasteiger partial charge in [-0.25, -0.2) is 0 Å². The summed E-state index contributed by atoms with van der Waals surface area (Å²) in [7, 11) is 0. The maximum Gasteiger partial charge on any atom is 0.111 e. The van der Waals surface area contributed by atoms with E-state index in [4.69, 9.17) is 0 Å². The van der Waals surface area contributed by atoms with Crippen molar-refractivity contribution < 1.29 is 5.11 Å². The highest BCUT2D eigenvalue weighted by molar-refractivity contribution is 5.75. The molecule has 1 aromatic carbocycles. The van der Waals surface area contributed by atoms with Gasteiger partial charge in [-0.05, 0) is 36.6 Å². The molecule has 0 bridgehead atoms. The normalized spacial score (nSPS) is 15.5. The van der Waals surface area contributed by atoms with Crippen molar-refractivity contribution in [3.05, 3.63) is 65.5 Å². The summed E-state index contributed by atoms with van der Waals surface area (Å²) in [4.78, 5) is 0. The molecule has 2 rings (SSSR count). The van der Waals surface area contributed by atoms with E-state index in [1.165, 1.54) is 11.1 Å². The molecule has 0 saturated heterocycles. The van der Waals surface area contributed by atoms with Crippen LogP contribution in [0, 0.1) is 6.92 Å². The number of aryl methyl sites for hydroxylation is 1. The molecule has 0 heterocycles. The van der Waals surface area contributed by atoms with Gasteiger partial charge in [-0.15, -0.1) is 0 Å². The van der Waals surface area contributed by atoms with Crippen molar-refractivity contribution in [2.75, 3.05) is 0 Å². The first-order valence-corrected chi connectivity index (χ1v) is 5.10. The Morgan fingerprint density at radius 3 is 2.47 bits per heavy atom. The summed E-state index contributed by atoms with van der Waals surface area (Å²) in [5, 5.41) is 9.34. The average Bonchev–Trinajstić information content (AvgIpc) is 2.44. The first-order chi connectivity index (χ1) is 7.25. The predicted molar refractivity (Wildman–Crippen MR) is 63.6 cm³/mol. The van der Waals surface area contributed by atoms with Crippen LogP contribution in [0.2, 0.25) is 0 Å². The van der Waals surface area contributed by atoms with Gasteiger partial charge >= 0.3 is 0 Å². The summed E-state index contributed by atoms with van der Waals surface area (Å²) in [5.41, 5.74) is 3.62. The third kappa shape index (κ3) is 2.38. The van der Waals surface area contributed by atoms with Gasteiger partial charge < -0.3 is 5.11 Å². The summed E-state index contributed by atoms with van der Waals surface area (Å²) in [5.74, 6) is 0.341. The van der Waals surface area contributed by atoms with E-state index in [9.17, 15) is 5.11 Å². The third-order valence-electron chi connectivity index (χ3n) is 2.48. The smallest absolute Gasteiger partial charge is 0.111 e. The Balaban J connectivity index is 2.29. The van der Waals surface area contributed by atoms with Gasteiger partial charge in [0.1, 0.15) is 5.76 Å². The molecule has 1 aromatic rings. The Kier molecular flexibility index (Phi) is 2.72. The number of allylic oxidation sites excluding steroid dienone is 5. The number of benzene rings is 1.